The number of aromatic amines is 1. The Labute approximate surface area is 170 Å². The van der Waals surface area contributed by atoms with Gasteiger partial charge in [-0.05, 0) is 36.4 Å². The average Bonchev–Trinajstić information content (AvgIpc) is 3.22. The quantitative estimate of drug-likeness (QED) is 0.470. The van der Waals surface area contributed by atoms with Crippen LogP contribution in [0.25, 0.3) is 33.1 Å². The maximum Gasteiger partial charge on any atom is 0.274 e. The minimum atomic E-state index is -0.0732. The van der Waals surface area contributed by atoms with Crippen LogP contribution >= 0.6 is 11.6 Å². The smallest absolute Gasteiger partial charge is 0.274 e. The number of rotatable bonds is 3. The summed E-state index contributed by atoms with van der Waals surface area (Å²) in [5, 5.41) is 5.58. The first kappa shape index (κ1) is 17.4. The summed E-state index contributed by atoms with van der Waals surface area (Å²) < 4.78 is 1.56. The molecule has 0 aliphatic heterocycles. The molecule has 0 saturated carbocycles. The second-order valence-corrected chi connectivity index (χ2v) is 7.11. The zero-order valence-corrected chi connectivity index (χ0v) is 16.1. The van der Waals surface area contributed by atoms with Crippen LogP contribution in [0.4, 0.5) is 11.5 Å². The number of aryl methyl sites for hydroxylation is 1. The molecular formula is C21H15ClN6O. The number of anilines is 2. The first-order chi connectivity index (χ1) is 14.1. The summed E-state index contributed by atoms with van der Waals surface area (Å²) in [5.74, 6) is 0.641. The van der Waals surface area contributed by atoms with Crippen molar-refractivity contribution in [1.29, 1.82) is 0 Å². The van der Waals surface area contributed by atoms with E-state index in [4.69, 9.17) is 11.6 Å². The van der Waals surface area contributed by atoms with Crippen molar-refractivity contribution in [2.24, 2.45) is 7.05 Å². The van der Waals surface area contributed by atoms with Crippen molar-refractivity contribution in [3.8, 4) is 11.1 Å². The van der Waals surface area contributed by atoms with Gasteiger partial charge in [0, 0.05) is 52.9 Å². The highest BCUT2D eigenvalue weighted by molar-refractivity contribution is 6.30. The number of fused-ring (bicyclic) bond motifs is 2. The van der Waals surface area contributed by atoms with E-state index < -0.39 is 0 Å². The molecule has 4 heterocycles. The lowest BCUT2D eigenvalue weighted by atomic mass is 10.0. The molecule has 2 N–H and O–H groups in total. The van der Waals surface area contributed by atoms with Gasteiger partial charge in [-0.25, -0.2) is 15.0 Å². The lowest BCUT2D eigenvalue weighted by Crippen LogP contribution is -2.16. The highest BCUT2D eigenvalue weighted by atomic mass is 35.5. The van der Waals surface area contributed by atoms with Gasteiger partial charge in [0.05, 0.1) is 5.39 Å². The van der Waals surface area contributed by atoms with Crippen LogP contribution < -0.4 is 10.9 Å². The number of hydrogen-bond acceptors (Lipinski definition) is 5. The number of nitrogens with zero attached hydrogens (tertiary/aromatic N) is 4. The van der Waals surface area contributed by atoms with E-state index in [1.54, 1.807) is 24.0 Å². The molecule has 142 valence electrons. The molecule has 0 fully saturated rings. The van der Waals surface area contributed by atoms with Gasteiger partial charge in [0.2, 0.25) is 0 Å². The van der Waals surface area contributed by atoms with Gasteiger partial charge in [0.25, 0.3) is 5.56 Å². The third-order valence-corrected chi connectivity index (χ3v) is 5.05. The summed E-state index contributed by atoms with van der Waals surface area (Å²) in [5.41, 5.74) is 3.70. The van der Waals surface area contributed by atoms with Gasteiger partial charge in [0.1, 0.15) is 17.7 Å². The van der Waals surface area contributed by atoms with E-state index in [1.165, 1.54) is 6.33 Å². The van der Waals surface area contributed by atoms with Crippen molar-refractivity contribution < 1.29 is 0 Å². The molecule has 8 heteroatoms. The van der Waals surface area contributed by atoms with Crippen molar-refractivity contribution in [3.63, 3.8) is 0 Å². The molecule has 5 rings (SSSR count). The molecule has 0 saturated heterocycles. The summed E-state index contributed by atoms with van der Waals surface area (Å²) in [6.45, 7) is 0. The first-order valence-corrected chi connectivity index (χ1v) is 9.28. The summed E-state index contributed by atoms with van der Waals surface area (Å²) in [7, 11) is 1.73. The fraction of sp³-hybridized carbons (Fsp3) is 0.0476. The first-order valence-electron chi connectivity index (χ1n) is 8.90. The molecule has 0 aliphatic carbocycles. The molecule has 0 unspecified atom stereocenters. The van der Waals surface area contributed by atoms with Gasteiger partial charge in [-0.15, -0.1) is 0 Å². The van der Waals surface area contributed by atoms with E-state index in [2.05, 4.69) is 25.3 Å². The van der Waals surface area contributed by atoms with E-state index in [1.807, 2.05) is 42.6 Å². The van der Waals surface area contributed by atoms with Crippen molar-refractivity contribution >= 4 is 45.0 Å². The summed E-state index contributed by atoms with van der Waals surface area (Å²) >= 11 is 5.97. The molecule has 4 aromatic heterocycles. The number of halogens is 1. The number of benzene rings is 1. The molecule has 0 bridgehead atoms. The summed E-state index contributed by atoms with van der Waals surface area (Å²) in [4.78, 5) is 28.5. The molecule has 1 aromatic carbocycles. The highest BCUT2D eigenvalue weighted by Gasteiger charge is 2.13. The normalized spacial score (nSPS) is 11.2. The van der Waals surface area contributed by atoms with E-state index >= 15 is 0 Å². The third-order valence-electron chi connectivity index (χ3n) is 4.80. The van der Waals surface area contributed by atoms with Gasteiger partial charge in [0.15, 0.2) is 5.65 Å². The highest BCUT2D eigenvalue weighted by Crippen LogP contribution is 2.30. The predicted octanol–water partition coefficient (Wildman–Crippen LogP) is 4.27. The zero-order valence-electron chi connectivity index (χ0n) is 15.3. The van der Waals surface area contributed by atoms with E-state index in [-0.39, 0.29) is 5.56 Å². The van der Waals surface area contributed by atoms with Crippen LogP contribution in [0.5, 0.6) is 0 Å². The molecule has 0 amide bonds. The van der Waals surface area contributed by atoms with E-state index in [0.29, 0.717) is 22.0 Å². The molecule has 7 nitrogen and oxygen atoms in total. The zero-order chi connectivity index (χ0) is 20.0. The number of aromatic nitrogens is 5. The molecule has 0 aliphatic rings. The van der Waals surface area contributed by atoms with Crippen molar-refractivity contribution in [3.05, 3.63) is 76.7 Å². The summed E-state index contributed by atoms with van der Waals surface area (Å²) in [6.07, 6.45) is 6.82. The fourth-order valence-electron chi connectivity index (χ4n) is 3.36. The SMILES string of the molecule is Cn1cc(-c2cnc3ncnc(Nc4ccc(Cl)cc4)c3c2)c2cc[nH]c2c1=O. The largest absolute Gasteiger partial charge is 0.357 e. The fourth-order valence-corrected chi connectivity index (χ4v) is 3.49. The van der Waals surface area contributed by atoms with Crippen molar-refractivity contribution in [1.82, 2.24) is 24.5 Å². The van der Waals surface area contributed by atoms with Crippen LogP contribution in [0, 0.1) is 0 Å². The lowest BCUT2D eigenvalue weighted by Gasteiger charge is -2.11. The number of pyridine rings is 2. The predicted molar refractivity (Wildman–Crippen MR) is 115 cm³/mol. The van der Waals surface area contributed by atoms with Crippen LogP contribution in [-0.2, 0) is 7.05 Å². The van der Waals surface area contributed by atoms with Crippen molar-refractivity contribution in [2.75, 3.05) is 5.32 Å². The average molecular weight is 403 g/mol. The molecule has 0 radical (unpaired) electrons. The monoisotopic (exact) mass is 402 g/mol. The van der Waals surface area contributed by atoms with E-state index in [0.717, 1.165) is 27.6 Å². The second-order valence-electron chi connectivity index (χ2n) is 6.67. The summed E-state index contributed by atoms with van der Waals surface area (Å²) in [6, 6.07) is 11.2. The van der Waals surface area contributed by atoms with Gasteiger partial charge in [-0.1, -0.05) is 11.6 Å². The Morgan fingerprint density at radius 2 is 1.90 bits per heavy atom. The minimum absolute atomic E-state index is 0.0732. The van der Waals surface area contributed by atoms with Gasteiger partial charge < -0.3 is 14.9 Å². The third kappa shape index (κ3) is 3.01. The molecule has 0 atom stereocenters. The molecule has 0 spiro atoms. The standard InChI is InChI=1S/C21H15ClN6O/c1-28-10-17(15-6-7-23-18(15)21(28)29)12-8-16-19(24-9-12)25-11-26-20(16)27-14-4-2-13(22)3-5-14/h2-11,23H,1H3,(H,24,25,26,27). The topological polar surface area (TPSA) is 88.5 Å². The van der Waals surface area contributed by atoms with Crippen LogP contribution in [-0.4, -0.2) is 24.5 Å². The van der Waals surface area contributed by atoms with Crippen LogP contribution in [0.1, 0.15) is 0 Å². The lowest BCUT2D eigenvalue weighted by molar-refractivity contribution is 0.872. The van der Waals surface area contributed by atoms with Gasteiger partial charge in [-0.2, -0.15) is 0 Å². The number of hydrogen-bond donors (Lipinski definition) is 2. The Morgan fingerprint density at radius 3 is 2.72 bits per heavy atom. The van der Waals surface area contributed by atoms with Crippen LogP contribution in [0.3, 0.4) is 0 Å². The van der Waals surface area contributed by atoms with Gasteiger partial charge in [-0.3, -0.25) is 4.79 Å². The molecule has 29 heavy (non-hydrogen) atoms. The minimum Gasteiger partial charge on any atom is -0.357 e. The maximum atomic E-state index is 12.3. The Bertz CT molecular complexity index is 1420. The Morgan fingerprint density at radius 1 is 1.07 bits per heavy atom. The Balaban J connectivity index is 1.68. The Kier molecular flexibility index (Phi) is 4.03. The number of H-pyrrole nitrogens is 1. The van der Waals surface area contributed by atoms with E-state index in [9.17, 15) is 4.79 Å². The van der Waals surface area contributed by atoms with Crippen LogP contribution in [0.2, 0.25) is 5.02 Å². The van der Waals surface area contributed by atoms with Gasteiger partial charge >= 0.3 is 0 Å². The van der Waals surface area contributed by atoms with Crippen molar-refractivity contribution in [2.45, 2.75) is 0 Å². The Hall–Kier alpha value is -3.71. The molecule has 5 aromatic rings. The van der Waals surface area contributed by atoms with Crippen LogP contribution in [0.15, 0.2) is 66.1 Å². The molecular weight excluding hydrogens is 388 g/mol. The number of nitrogens with one attached hydrogen (secondary N) is 2. The maximum absolute atomic E-state index is 12.3. The second kappa shape index (κ2) is 6.72.